The third-order valence-corrected chi connectivity index (χ3v) is 6.99. The number of carboxylic acid groups (broad SMARTS) is 1. The van der Waals surface area contributed by atoms with Crippen molar-refractivity contribution < 1.29 is 14.7 Å². The molecule has 6 nitrogen and oxygen atoms in total. The van der Waals surface area contributed by atoms with Gasteiger partial charge in [0.2, 0.25) is 0 Å². The van der Waals surface area contributed by atoms with E-state index in [1.807, 2.05) is 35.2 Å². The summed E-state index contributed by atoms with van der Waals surface area (Å²) in [5, 5.41) is 13.4. The maximum Gasteiger partial charge on any atom is 0.326 e. The van der Waals surface area contributed by atoms with Crippen molar-refractivity contribution in [2.45, 2.75) is 70.1 Å². The number of nitrogens with one attached hydrogen (secondary N) is 1. The topological polar surface area (TPSA) is 72.9 Å². The van der Waals surface area contributed by atoms with E-state index in [9.17, 15) is 14.7 Å². The number of anilines is 1. The van der Waals surface area contributed by atoms with Crippen LogP contribution < -0.4 is 10.2 Å². The Balaban J connectivity index is 1.65. The molecule has 28 heavy (non-hydrogen) atoms. The van der Waals surface area contributed by atoms with Gasteiger partial charge in [-0.25, -0.2) is 9.59 Å². The first-order chi connectivity index (χ1) is 13.5. The number of nitrogens with zero attached hydrogens (tertiary/aromatic N) is 2. The van der Waals surface area contributed by atoms with Gasteiger partial charge in [0, 0.05) is 30.4 Å². The largest absolute Gasteiger partial charge is 0.480 e. The van der Waals surface area contributed by atoms with Crippen molar-refractivity contribution in [3.63, 3.8) is 0 Å². The third kappa shape index (κ3) is 3.50. The maximum atomic E-state index is 13.6. The highest BCUT2D eigenvalue weighted by atomic mass is 16.4. The molecule has 3 fully saturated rings. The molecule has 2 N–H and O–H groups in total. The van der Waals surface area contributed by atoms with Crippen molar-refractivity contribution in [1.82, 2.24) is 10.2 Å². The third-order valence-electron chi connectivity index (χ3n) is 6.99. The van der Waals surface area contributed by atoms with Gasteiger partial charge in [0.1, 0.15) is 6.04 Å². The van der Waals surface area contributed by atoms with Gasteiger partial charge in [-0.05, 0) is 56.1 Å². The summed E-state index contributed by atoms with van der Waals surface area (Å²) >= 11 is 0. The zero-order valence-electron chi connectivity index (χ0n) is 16.8. The van der Waals surface area contributed by atoms with Crippen molar-refractivity contribution in [3.8, 4) is 0 Å². The standard InChI is InChI=1S/C22H31N3O3/c1-14-11-15(2)19-13-17(12-18(14)23-19)25(16-7-4-3-5-8-16)22(28)24-10-6-9-20(24)21(26)27/h3-5,7-8,14-15,17-20,23H,6,9-13H2,1-2H3,(H,26,27). The van der Waals surface area contributed by atoms with Crippen LogP contribution in [-0.4, -0.2) is 52.7 Å². The number of aliphatic carboxylic acids is 1. The number of carbonyl (C=O) groups excluding carboxylic acids is 1. The fraction of sp³-hybridized carbons (Fsp3) is 0.636. The van der Waals surface area contributed by atoms with E-state index in [-0.39, 0.29) is 12.1 Å². The highest BCUT2D eigenvalue weighted by Gasteiger charge is 2.44. The molecule has 0 radical (unpaired) electrons. The molecular formula is C22H31N3O3. The summed E-state index contributed by atoms with van der Waals surface area (Å²) in [4.78, 5) is 28.8. The van der Waals surface area contributed by atoms with Crippen molar-refractivity contribution in [2.75, 3.05) is 11.4 Å². The molecule has 2 amide bonds. The molecule has 3 heterocycles. The van der Waals surface area contributed by atoms with Gasteiger partial charge in [-0.2, -0.15) is 0 Å². The minimum absolute atomic E-state index is 0.0893. The van der Waals surface area contributed by atoms with E-state index < -0.39 is 12.0 Å². The molecule has 3 aliphatic heterocycles. The molecule has 152 valence electrons. The maximum absolute atomic E-state index is 13.6. The first kappa shape index (κ1) is 19.2. The van der Waals surface area contributed by atoms with Crippen LogP contribution in [0.3, 0.4) is 0 Å². The zero-order chi connectivity index (χ0) is 19.8. The number of carbonyl (C=O) groups is 2. The van der Waals surface area contributed by atoms with Gasteiger partial charge in [-0.15, -0.1) is 0 Å². The van der Waals surface area contributed by atoms with E-state index in [1.54, 1.807) is 4.90 Å². The smallest absolute Gasteiger partial charge is 0.326 e. The minimum Gasteiger partial charge on any atom is -0.480 e. The van der Waals surface area contributed by atoms with Crippen LogP contribution in [0.5, 0.6) is 0 Å². The molecule has 0 aromatic heterocycles. The fourth-order valence-corrected chi connectivity index (χ4v) is 5.47. The lowest BCUT2D eigenvalue weighted by molar-refractivity contribution is -0.141. The Kier molecular flexibility index (Phi) is 5.32. The van der Waals surface area contributed by atoms with Gasteiger partial charge in [-0.1, -0.05) is 32.0 Å². The molecule has 3 saturated heterocycles. The van der Waals surface area contributed by atoms with Gasteiger partial charge in [0.25, 0.3) is 0 Å². The summed E-state index contributed by atoms with van der Waals surface area (Å²) in [6.07, 6.45) is 4.33. The number of amides is 2. The van der Waals surface area contributed by atoms with E-state index in [1.165, 1.54) is 6.42 Å². The number of hydrogen-bond acceptors (Lipinski definition) is 3. The van der Waals surface area contributed by atoms with E-state index in [0.717, 1.165) is 24.9 Å². The summed E-state index contributed by atoms with van der Waals surface area (Å²) in [6, 6.07) is 9.82. The molecule has 3 aliphatic rings. The molecule has 0 aliphatic carbocycles. The van der Waals surface area contributed by atoms with Crippen LogP contribution in [0.15, 0.2) is 30.3 Å². The highest BCUT2D eigenvalue weighted by Crippen LogP contribution is 2.37. The number of urea groups is 1. The van der Waals surface area contributed by atoms with Gasteiger partial charge in [0.05, 0.1) is 0 Å². The monoisotopic (exact) mass is 385 g/mol. The number of piperidine rings is 2. The quantitative estimate of drug-likeness (QED) is 0.837. The fourth-order valence-electron chi connectivity index (χ4n) is 5.47. The van der Waals surface area contributed by atoms with Crippen LogP contribution in [0.1, 0.15) is 46.0 Å². The number of carboxylic acids is 1. The van der Waals surface area contributed by atoms with Crippen LogP contribution >= 0.6 is 0 Å². The number of rotatable bonds is 3. The minimum atomic E-state index is -0.900. The van der Waals surface area contributed by atoms with Crippen LogP contribution in [0.4, 0.5) is 10.5 Å². The van der Waals surface area contributed by atoms with Gasteiger partial charge >= 0.3 is 12.0 Å². The van der Waals surface area contributed by atoms with Crippen LogP contribution in [-0.2, 0) is 4.79 Å². The number of hydrogen-bond donors (Lipinski definition) is 2. The summed E-state index contributed by atoms with van der Waals surface area (Å²) < 4.78 is 0. The molecule has 0 saturated carbocycles. The van der Waals surface area contributed by atoms with E-state index >= 15 is 0 Å². The van der Waals surface area contributed by atoms with Crippen molar-refractivity contribution in [3.05, 3.63) is 30.3 Å². The average Bonchev–Trinajstić information content (AvgIpc) is 3.18. The summed E-state index contributed by atoms with van der Waals surface area (Å²) in [5.41, 5.74) is 0.869. The lowest BCUT2D eigenvalue weighted by atomic mass is 9.73. The van der Waals surface area contributed by atoms with Gasteiger partial charge < -0.3 is 15.3 Å². The van der Waals surface area contributed by atoms with Crippen molar-refractivity contribution in [2.24, 2.45) is 11.8 Å². The lowest BCUT2D eigenvalue weighted by Crippen LogP contribution is -2.62. The number of benzene rings is 1. The van der Waals surface area contributed by atoms with Crippen LogP contribution in [0.25, 0.3) is 0 Å². The van der Waals surface area contributed by atoms with Gasteiger partial charge in [0.15, 0.2) is 0 Å². The second-order valence-corrected chi connectivity index (χ2v) is 8.87. The second kappa shape index (κ2) is 7.74. The Hall–Kier alpha value is -2.08. The Morgan fingerprint density at radius 2 is 1.71 bits per heavy atom. The molecular weight excluding hydrogens is 354 g/mol. The first-order valence-electron chi connectivity index (χ1n) is 10.6. The first-order valence-corrected chi connectivity index (χ1v) is 10.6. The number of fused-ring (bicyclic) bond motifs is 2. The SMILES string of the molecule is CC1CC(C)C2CC(N(C(=O)N3CCCC3C(=O)O)c3ccccc3)CC1N2. The summed E-state index contributed by atoms with van der Waals surface area (Å²) in [5.74, 6) is 0.268. The van der Waals surface area contributed by atoms with Crippen LogP contribution in [0, 0.1) is 11.8 Å². The molecule has 4 rings (SSSR count). The van der Waals surface area contributed by atoms with E-state index in [4.69, 9.17) is 0 Å². The second-order valence-electron chi connectivity index (χ2n) is 8.87. The lowest BCUT2D eigenvalue weighted by Gasteiger charge is -2.50. The predicted molar refractivity (Wildman–Crippen MR) is 108 cm³/mol. The zero-order valence-corrected chi connectivity index (χ0v) is 16.8. The normalized spacial score (nSPS) is 34.9. The number of para-hydroxylation sites is 1. The highest BCUT2D eigenvalue weighted by molar-refractivity contribution is 5.95. The Labute approximate surface area is 166 Å². The van der Waals surface area contributed by atoms with Crippen LogP contribution in [0.2, 0.25) is 0 Å². The Morgan fingerprint density at radius 1 is 1.07 bits per heavy atom. The van der Waals surface area contributed by atoms with E-state index in [2.05, 4.69) is 19.2 Å². The summed E-state index contributed by atoms with van der Waals surface area (Å²) in [7, 11) is 0. The molecule has 1 aromatic carbocycles. The molecule has 2 bridgehead atoms. The van der Waals surface area contributed by atoms with Gasteiger partial charge in [-0.3, -0.25) is 4.90 Å². The Morgan fingerprint density at radius 3 is 2.32 bits per heavy atom. The molecule has 6 heteroatoms. The van der Waals surface area contributed by atoms with Crippen molar-refractivity contribution >= 4 is 17.7 Å². The molecule has 0 spiro atoms. The Bertz CT molecular complexity index is 709. The average molecular weight is 386 g/mol. The predicted octanol–water partition coefficient (Wildman–Crippen LogP) is 3.33. The van der Waals surface area contributed by atoms with E-state index in [0.29, 0.717) is 36.9 Å². The molecule has 5 atom stereocenters. The number of likely N-dealkylation sites (tertiary alicyclic amines) is 1. The summed E-state index contributed by atoms with van der Waals surface area (Å²) in [6.45, 7) is 5.11. The van der Waals surface area contributed by atoms with Crippen molar-refractivity contribution in [1.29, 1.82) is 0 Å². The molecule has 1 aromatic rings. The molecule has 5 unspecified atom stereocenters.